The lowest BCUT2D eigenvalue weighted by Crippen LogP contribution is -3.00. The Balaban J connectivity index is 0.00000961. The molecule has 4 heteroatoms. The molecule has 0 aromatic heterocycles. The number of hydrogen-bond donors (Lipinski definition) is 0. The molecular weight excluding hydrogens is 509 g/mol. The summed E-state index contributed by atoms with van der Waals surface area (Å²) in [5.41, 5.74) is 0. The molecular formula is C28H56INO2. The predicted molar refractivity (Wildman–Crippen MR) is 135 cm³/mol. The molecule has 0 N–H and O–H groups in total. The van der Waals surface area contributed by atoms with Crippen molar-refractivity contribution in [2.24, 2.45) is 0 Å². The van der Waals surface area contributed by atoms with Gasteiger partial charge < -0.3 is 33.5 Å². The Hall–Kier alpha value is 0.160. The molecule has 1 unspecified atom stereocenters. The molecule has 3 nitrogen and oxygen atoms in total. The van der Waals surface area contributed by atoms with E-state index in [1.54, 1.807) is 0 Å². The van der Waals surface area contributed by atoms with Crippen LogP contribution in [0.25, 0.3) is 0 Å². The minimum atomic E-state index is 0. The number of hydrogen-bond acceptors (Lipinski definition) is 2. The molecule has 1 atom stereocenters. The Labute approximate surface area is 218 Å². The summed E-state index contributed by atoms with van der Waals surface area (Å²) in [5.74, 6) is 1.17. The number of ether oxygens (including phenoxy) is 2. The normalized spacial score (nSPS) is 15.8. The second-order valence-corrected chi connectivity index (χ2v) is 9.80. The van der Waals surface area contributed by atoms with Crippen LogP contribution in [0.1, 0.15) is 142 Å². The Bertz CT molecular complexity index is 428. The molecule has 0 bridgehead atoms. The number of rotatable bonds is 23. The Morgan fingerprint density at radius 3 is 1.62 bits per heavy atom. The summed E-state index contributed by atoms with van der Waals surface area (Å²) >= 11 is 0. The second kappa shape index (κ2) is 24.3. The van der Waals surface area contributed by atoms with Crippen LogP contribution in [-0.4, -0.2) is 43.4 Å². The molecule has 0 fully saturated rings. The SMILES string of the molecule is CCCCCCCCCCCCCCCCCCOCC1COC(CCCCC)=[N+]1C.[I-]. The highest BCUT2D eigenvalue weighted by Crippen LogP contribution is 2.14. The molecule has 0 aromatic carbocycles. The Kier molecular flexibility index (Phi) is 24.4. The Morgan fingerprint density at radius 1 is 0.688 bits per heavy atom. The average Bonchev–Trinajstić information content (AvgIpc) is 3.12. The van der Waals surface area contributed by atoms with Gasteiger partial charge in [-0.3, -0.25) is 0 Å². The summed E-state index contributed by atoms with van der Waals surface area (Å²) in [6.07, 6.45) is 27.6. The van der Waals surface area contributed by atoms with Crippen LogP contribution in [0, 0.1) is 0 Å². The van der Waals surface area contributed by atoms with Gasteiger partial charge in [-0.15, -0.1) is 0 Å². The second-order valence-electron chi connectivity index (χ2n) is 9.80. The van der Waals surface area contributed by atoms with Gasteiger partial charge in [0.15, 0.2) is 6.61 Å². The van der Waals surface area contributed by atoms with E-state index in [9.17, 15) is 0 Å². The quantitative estimate of drug-likeness (QED) is 0.0955. The van der Waals surface area contributed by atoms with Crippen LogP contribution in [-0.2, 0) is 9.47 Å². The van der Waals surface area contributed by atoms with Crippen LogP contribution in [0.2, 0.25) is 0 Å². The first-order valence-electron chi connectivity index (χ1n) is 14.1. The first kappa shape index (κ1) is 32.2. The minimum absolute atomic E-state index is 0. The van der Waals surface area contributed by atoms with Gasteiger partial charge in [-0.25, -0.2) is 0 Å². The molecule has 0 aliphatic carbocycles. The van der Waals surface area contributed by atoms with Crippen LogP contribution in [0.15, 0.2) is 0 Å². The molecule has 0 spiro atoms. The van der Waals surface area contributed by atoms with E-state index < -0.39 is 0 Å². The molecule has 1 rings (SSSR count). The number of halogens is 1. The lowest BCUT2D eigenvalue weighted by atomic mass is 10.0. The van der Waals surface area contributed by atoms with E-state index in [0.29, 0.717) is 6.04 Å². The van der Waals surface area contributed by atoms with Gasteiger partial charge in [0.2, 0.25) is 6.04 Å². The van der Waals surface area contributed by atoms with E-state index in [1.807, 2.05) is 0 Å². The molecule has 192 valence electrons. The lowest BCUT2D eigenvalue weighted by molar-refractivity contribution is -0.531. The fourth-order valence-electron chi connectivity index (χ4n) is 4.52. The van der Waals surface area contributed by atoms with Gasteiger partial charge in [0, 0.05) is 6.61 Å². The van der Waals surface area contributed by atoms with Crippen molar-refractivity contribution in [1.82, 2.24) is 0 Å². The topological polar surface area (TPSA) is 21.5 Å². The van der Waals surface area contributed by atoms with Crippen molar-refractivity contribution < 1.29 is 38.0 Å². The summed E-state index contributed by atoms with van der Waals surface area (Å²) in [6, 6.07) is 0.415. The Morgan fingerprint density at radius 2 is 1.12 bits per heavy atom. The highest BCUT2D eigenvalue weighted by Gasteiger charge is 2.31. The van der Waals surface area contributed by atoms with Gasteiger partial charge in [-0.05, 0) is 12.8 Å². The largest absolute Gasteiger partial charge is 1.00 e. The molecule has 0 radical (unpaired) electrons. The fraction of sp³-hybridized carbons (Fsp3) is 0.964. The van der Waals surface area contributed by atoms with Crippen molar-refractivity contribution >= 4 is 5.90 Å². The standard InChI is InChI=1S/C28H56NO2.HI/c1-4-6-8-9-10-11-12-13-14-15-16-17-18-19-20-22-24-30-25-27-26-31-28(29(27)3)23-21-7-5-2;/h27H,4-26H2,1-3H3;1H/q+1;/p-1. The first-order chi connectivity index (χ1) is 15.3. The maximum atomic E-state index is 5.95. The van der Waals surface area contributed by atoms with E-state index >= 15 is 0 Å². The van der Waals surface area contributed by atoms with Gasteiger partial charge in [-0.2, -0.15) is 4.58 Å². The highest BCUT2D eigenvalue weighted by molar-refractivity contribution is 5.71. The molecule has 0 saturated heterocycles. The van der Waals surface area contributed by atoms with E-state index in [-0.39, 0.29) is 24.0 Å². The smallest absolute Gasteiger partial charge is 0.336 e. The third-order valence-electron chi connectivity index (χ3n) is 6.83. The molecule has 32 heavy (non-hydrogen) atoms. The van der Waals surface area contributed by atoms with Crippen LogP contribution >= 0.6 is 0 Å². The van der Waals surface area contributed by atoms with E-state index in [2.05, 4.69) is 25.5 Å². The van der Waals surface area contributed by atoms with Crippen molar-refractivity contribution in [3.8, 4) is 0 Å². The predicted octanol–water partition coefficient (Wildman–Crippen LogP) is 5.29. The zero-order valence-corrected chi connectivity index (χ0v) is 24.1. The van der Waals surface area contributed by atoms with E-state index in [1.165, 1.54) is 128 Å². The van der Waals surface area contributed by atoms with Crippen LogP contribution in [0.4, 0.5) is 0 Å². The monoisotopic (exact) mass is 565 g/mol. The van der Waals surface area contributed by atoms with Crippen LogP contribution < -0.4 is 24.0 Å². The zero-order chi connectivity index (χ0) is 22.4. The maximum Gasteiger partial charge on any atom is 0.336 e. The summed E-state index contributed by atoms with van der Waals surface area (Å²) in [7, 11) is 2.16. The first-order valence-corrected chi connectivity index (χ1v) is 14.1. The van der Waals surface area contributed by atoms with Crippen molar-refractivity contribution in [2.45, 2.75) is 148 Å². The summed E-state index contributed by atoms with van der Waals surface area (Å²) in [4.78, 5) is 0. The third kappa shape index (κ3) is 17.6. The van der Waals surface area contributed by atoms with Crippen molar-refractivity contribution in [3.05, 3.63) is 0 Å². The van der Waals surface area contributed by atoms with Crippen LogP contribution in [0.3, 0.4) is 0 Å². The van der Waals surface area contributed by atoms with Gasteiger partial charge in [0.05, 0.1) is 6.42 Å². The van der Waals surface area contributed by atoms with Crippen molar-refractivity contribution in [2.75, 3.05) is 26.9 Å². The van der Waals surface area contributed by atoms with Gasteiger partial charge in [-0.1, -0.05) is 123 Å². The minimum Gasteiger partial charge on any atom is -1.00 e. The van der Waals surface area contributed by atoms with Crippen molar-refractivity contribution in [1.29, 1.82) is 0 Å². The number of unbranched alkanes of at least 4 members (excludes halogenated alkanes) is 17. The summed E-state index contributed by atoms with van der Waals surface area (Å²) in [5, 5.41) is 0. The third-order valence-corrected chi connectivity index (χ3v) is 6.83. The zero-order valence-electron chi connectivity index (χ0n) is 22.0. The maximum absolute atomic E-state index is 5.95. The average molecular weight is 566 g/mol. The molecule has 1 heterocycles. The van der Waals surface area contributed by atoms with Crippen molar-refractivity contribution in [3.63, 3.8) is 0 Å². The number of likely N-dealkylation sites (N-methyl/N-ethyl adjacent to an activating group) is 1. The van der Waals surface area contributed by atoms with Gasteiger partial charge in [0.25, 0.3) is 0 Å². The van der Waals surface area contributed by atoms with E-state index in [0.717, 1.165) is 26.2 Å². The molecule has 0 amide bonds. The van der Waals surface area contributed by atoms with E-state index in [4.69, 9.17) is 9.47 Å². The lowest BCUT2D eigenvalue weighted by Gasteiger charge is -2.07. The highest BCUT2D eigenvalue weighted by atomic mass is 127. The summed E-state index contributed by atoms with van der Waals surface area (Å²) in [6.45, 7) is 7.07. The summed E-state index contributed by atoms with van der Waals surface area (Å²) < 4.78 is 14.1. The molecule has 1 aliphatic rings. The molecule has 1 aliphatic heterocycles. The van der Waals surface area contributed by atoms with Gasteiger partial charge in [0.1, 0.15) is 13.7 Å². The van der Waals surface area contributed by atoms with Crippen LogP contribution in [0.5, 0.6) is 0 Å². The molecule has 0 saturated carbocycles. The fourth-order valence-corrected chi connectivity index (χ4v) is 4.52. The number of nitrogens with zero attached hydrogens (tertiary/aromatic N) is 1. The van der Waals surface area contributed by atoms with Gasteiger partial charge >= 0.3 is 5.90 Å². The molecule has 0 aromatic rings.